The summed E-state index contributed by atoms with van der Waals surface area (Å²) < 4.78 is 24.0. The molecule has 5 rings (SSSR count). The topological polar surface area (TPSA) is 91.9 Å². The Bertz CT molecular complexity index is 1690. The highest BCUT2D eigenvalue weighted by Gasteiger charge is 2.15. The minimum absolute atomic E-state index is 0.0471. The number of fused-ring (bicyclic) bond motifs is 1. The van der Waals surface area contributed by atoms with Gasteiger partial charge >= 0.3 is 0 Å². The number of nitrogens with one attached hydrogen (secondary N) is 2. The lowest BCUT2D eigenvalue weighted by Crippen LogP contribution is -2.14. The Kier molecular flexibility index (Phi) is 7.61. The first-order chi connectivity index (χ1) is 18.9. The van der Waals surface area contributed by atoms with Crippen LogP contribution >= 0.6 is 0 Å². The fourth-order valence-corrected chi connectivity index (χ4v) is 5.70. The number of amides is 1. The van der Waals surface area contributed by atoms with E-state index in [9.17, 15) is 13.2 Å². The molecule has 0 spiro atoms. The molecular weight excluding hydrogens is 506 g/mol. The number of aromatic amines is 1. The van der Waals surface area contributed by atoms with Crippen LogP contribution in [-0.2, 0) is 21.1 Å². The number of hydrogen-bond donors (Lipinski definition) is 2. The zero-order valence-electron chi connectivity index (χ0n) is 22.0. The van der Waals surface area contributed by atoms with Crippen LogP contribution < -0.4 is 5.32 Å². The molecule has 0 saturated carbocycles. The van der Waals surface area contributed by atoms with E-state index in [1.54, 1.807) is 31.2 Å². The van der Waals surface area contributed by atoms with Crippen molar-refractivity contribution in [3.8, 4) is 11.4 Å². The third-order valence-electron chi connectivity index (χ3n) is 6.99. The van der Waals surface area contributed by atoms with Gasteiger partial charge in [0.15, 0.2) is 9.84 Å². The fourth-order valence-electron chi connectivity index (χ4n) is 4.81. The lowest BCUT2D eigenvalue weighted by atomic mass is 9.89. The second-order valence-corrected chi connectivity index (χ2v) is 11.9. The van der Waals surface area contributed by atoms with E-state index in [4.69, 9.17) is 4.98 Å². The Hall–Kier alpha value is -4.23. The second kappa shape index (κ2) is 11.3. The van der Waals surface area contributed by atoms with Crippen LogP contribution in [0.4, 0.5) is 5.69 Å². The van der Waals surface area contributed by atoms with Gasteiger partial charge < -0.3 is 10.3 Å². The molecule has 0 saturated heterocycles. The Labute approximate surface area is 229 Å². The minimum Gasteiger partial charge on any atom is -0.338 e. The first-order valence-electron chi connectivity index (χ1n) is 13.1. The van der Waals surface area contributed by atoms with E-state index < -0.39 is 9.84 Å². The van der Waals surface area contributed by atoms with Crippen LogP contribution in [0.15, 0.2) is 102 Å². The quantitative estimate of drug-likeness (QED) is 0.218. The number of benzene rings is 4. The van der Waals surface area contributed by atoms with Gasteiger partial charge in [-0.25, -0.2) is 13.4 Å². The summed E-state index contributed by atoms with van der Waals surface area (Å²) in [7, 11) is -3.26. The maximum Gasteiger partial charge on any atom is 0.228 e. The van der Waals surface area contributed by atoms with Crippen molar-refractivity contribution in [2.75, 3.05) is 11.1 Å². The van der Waals surface area contributed by atoms with Crippen LogP contribution in [0.25, 0.3) is 22.4 Å². The maximum absolute atomic E-state index is 12.6. The van der Waals surface area contributed by atoms with E-state index in [2.05, 4.69) is 59.7 Å². The molecule has 1 heterocycles. The van der Waals surface area contributed by atoms with E-state index in [0.29, 0.717) is 11.6 Å². The second-order valence-electron chi connectivity index (χ2n) is 9.58. The predicted octanol–water partition coefficient (Wildman–Crippen LogP) is 6.75. The molecule has 2 N–H and O–H groups in total. The van der Waals surface area contributed by atoms with Gasteiger partial charge in [0.1, 0.15) is 5.82 Å². The van der Waals surface area contributed by atoms with E-state index in [0.717, 1.165) is 34.4 Å². The number of rotatable bonds is 9. The van der Waals surface area contributed by atoms with Gasteiger partial charge in [-0.2, -0.15) is 0 Å². The van der Waals surface area contributed by atoms with Gasteiger partial charge in [-0.3, -0.25) is 4.79 Å². The number of carbonyl (C=O) groups is 1. The zero-order chi connectivity index (χ0) is 27.4. The van der Waals surface area contributed by atoms with Crippen LogP contribution in [-0.4, -0.2) is 30.0 Å². The number of imidazole rings is 1. The molecule has 0 fully saturated rings. The van der Waals surface area contributed by atoms with Crippen molar-refractivity contribution in [1.29, 1.82) is 0 Å². The third kappa shape index (κ3) is 5.94. The van der Waals surface area contributed by atoms with Gasteiger partial charge in [-0.05, 0) is 71.6 Å². The normalized spacial score (nSPS) is 12.4. The number of anilines is 1. The van der Waals surface area contributed by atoms with Crippen molar-refractivity contribution in [2.45, 2.75) is 37.5 Å². The number of H-pyrrole nitrogens is 1. The molecule has 198 valence electrons. The molecular formula is C32H31N3O3S. The first-order valence-corrected chi connectivity index (χ1v) is 14.8. The Balaban J connectivity index is 1.26. The Morgan fingerprint density at radius 3 is 2.26 bits per heavy atom. The van der Waals surface area contributed by atoms with Crippen LogP contribution in [0, 0.1) is 0 Å². The molecule has 1 unspecified atom stereocenters. The van der Waals surface area contributed by atoms with E-state index in [-0.39, 0.29) is 23.0 Å². The SMILES string of the molecule is CCC(c1ccccc1)c1ccc2nc(-c3ccc(NC(=O)Cc4ccc(S(=O)(=O)CC)cc4)cc3)[nH]c2c1. The lowest BCUT2D eigenvalue weighted by Gasteiger charge is -2.15. The fraction of sp³-hybridized carbons (Fsp3) is 0.188. The van der Waals surface area contributed by atoms with Crippen molar-refractivity contribution in [2.24, 2.45) is 0 Å². The van der Waals surface area contributed by atoms with E-state index in [1.165, 1.54) is 11.1 Å². The molecule has 0 aliphatic rings. The standard InChI is InChI=1S/C32H31N3O3S/c1-3-28(23-8-6-5-7-9-23)25-14-19-29-30(21-25)35-32(34-29)24-12-15-26(16-13-24)33-31(36)20-22-10-17-27(18-11-22)39(37,38)4-2/h5-19,21,28H,3-4,20H2,1-2H3,(H,33,36)(H,34,35). The van der Waals surface area contributed by atoms with Crippen molar-refractivity contribution < 1.29 is 13.2 Å². The van der Waals surface area contributed by atoms with Gasteiger partial charge in [-0.1, -0.05) is 62.4 Å². The van der Waals surface area contributed by atoms with Gasteiger partial charge in [-0.15, -0.1) is 0 Å². The monoisotopic (exact) mass is 537 g/mol. The van der Waals surface area contributed by atoms with Gasteiger partial charge in [0.05, 0.1) is 28.1 Å². The molecule has 6 nitrogen and oxygen atoms in total. The Morgan fingerprint density at radius 1 is 0.872 bits per heavy atom. The van der Waals surface area contributed by atoms with E-state index in [1.807, 2.05) is 30.3 Å². The average Bonchev–Trinajstić information content (AvgIpc) is 3.38. The number of sulfone groups is 1. The highest BCUT2D eigenvalue weighted by atomic mass is 32.2. The number of carbonyl (C=O) groups excluding carboxylic acids is 1. The van der Waals surface area contributed by atoms with E-state index >= 15 is 0 Å². The molecule has 4 aromatic carbocycles. The van der Waals surface area contributed by atoms with Crippen molar-refractivity contribution in [1.82, 2.24) is 9.97 Å². The summed E-state index contributed by atoms with van der Waals surface area (Å²) in [4.78, 5) is 21.1. The van der Waals surface area contributed by atoms with Gasteiger partial charge in [0, 0.05) is 17.2 Å². The maximum atomic E-state index is 12.6. The summed E-state index contributed by atoms with van der Waals surface area (Å²) in [5, 5.41) is 2.91. The number of aromatic nitrogens is 2. The summed E-state index contributed by atoms with van der Waals surface area (Å²) >= 11 is 0. The predicted molar refractivity (Wildman–Crippen MR) is 157 cm³/mol. The zero-order valence-corrected chi connectivity index (χ0v) is 22.8. The summed E-state index contributed by atoms with van der Waals surface area (Å²) in [5.41, 5.74) is 6.82. The molecule has 0 bridgehead atoms. The van der Waals surface area contributed by atoms with Gasteiger partial charge in [0.25, 0.3) is 0 Å². The molecule has 5 aromatic rings. The smallest absolute Gasteiger partial charge is 0.228 e. The molecule has 7 heteroatoms. The highest BCUT2D eigenvalue weighted by molar-refractivity contribution is 7.91. The summed E-state index contributed by atoms with van der Waals surface area (Å²) in [6.45, 7) is 3.82. The van der Waals surface area contributed by atoms with Crippen LogP contribution in [0.1, 0.15) is 42.9 Å². The van der Waals surface area contributed by atoms with Crippen LogP contribution in [0.3, 0.4) is 0 Å². The van der Waals surface area contributed by atoms with Crippen LogP contribution in [0.5, 0.6) is 0 Å². The molecule has 0 aliphatic heterocycles. The molecule has 0 radical (unpaired) electrons. The average molecular weight is 538 g/mol. The van der Waals surface area contributed by atoms with Crippen molar-refractivity contribution in [3.05, 3.63) is 114 Å². The molecule has 1 atom stereocenters. The van der Waals surface area contributed by atoms with Crippen molar-refractivity contribution >= 4 is 32.5 Å². The molecule has 1 aromatic heterocycles. The van der Waals surface area contributed by atoms with Crippen molar-refractivity contribution in [3.63, 3.8) is 0 Å². The first kappa shape index (κ1) is 26.4. The Morgan fingerprint density at radius 2 is 1.59 bits per heavy atom. The summed E-state index contributed by atoms with van der Waals surface area (Å²) in [6, 6.07) is 31.0. The largest absolute Gasteiger partial charge is 0.338 e. The molecule has 1 amide bonds. The molecule has 39 heavy (non-hydrogen) atoms. The highest BCUT2D eigenvalue weighted by Crippen LogP contribution is 2.30. The third-order valence-corrected chi connectivity index (χ3v) is 8.74. The number of hydrogen-bond acceptors (Lipinski definition) is 4. The molecule has 0 aliphatic carbocycles. The minimum atomic E-state index is -3.26. The van der Waals surface area contributed by atoms with Crippen LogP contribution in [0.2, 0.25) is 0 Å². The summed E-state index contributed by atoms with van der Waals surface area (Å²) in [6.07, 6.45) is 1.16. The lowest BCUT2D eigenvalue weighted by molar-refractivity contribution is -0.115. The van der Waals surface area contributed by atoms with Gasteiger partial charge in [0.2, 0.25) is 5.91 Å². The number of nitrogens with zero attached hydrogens (tertiary/aromatic N) is 1. The summed E-state index contributed by atoms with van der Waals surface area (Å²) in [5.74, 6) is 0.974.